The maximum absolute atomic E-state index is 12.7. The van der Waals surface area contributed by atoms with Gasteiger partial charge in [-0.25, -0.2) is 13.4 Å². The highest BCUT2D eigenvalue weighted by Crippen LogP contribution is 2.33. The van der Waals surface area contributed by atoms with Crippen LogP contribution in [-0.2, 0) is 10.0 Å². The lowest BCUT2D eigenvalue weighted by molar-refractivity contribution is 0.279. The third-order valence-electron chi connectivity index (χ3n) is 3.95. The number of rotatable bonds is 4. The summed E-state index contributed by atoms with van der Waals surface area (Å²) in [4.78, 5) is 5.32. The fraction of sp³-hybridized carbons (Fsp3) is 0.500. The summed E-state index contributed by atoms with van der Waals surface area (Å²) in [6.45, 7) is 3.71. The predicted molar refractivity (Wildman–Crippen MR) is 90.7 cm³/mol. The number of nitrogens with two attached hydrogens (primary N) is 1. The minimum absolute atomic E-state index is 0.402. The summed E-state index contributed by atoms with van der Waals surface area (Å²) in [5, 5.41) is 2.95. The third-order valence-corrected chi connectivity index (χ3v) is 8.20. The van der Waals surface area contributed by atoms with E-state index in [1.165, 1.54) is 11.3 Å². The molecule has 2 aromatic heterocycles. The molecule has 0 aliphatic carbocycles. The van der Waals surface area contributed by atoms with Crippen LogP contribution < -0.4 is 5.73 Å². The Balaban J connectivity index is 1.80. The molecule has 8 heteroatoms. The maximum Gasteiger partial charge on any atom is 0.252 e. The van der Waals surface area contributed by atoms with Gasteiger partial charge in [-0.3, -0.25) is 0 Å². The number of thiophene rings is 1. The smallest absolute Gasteiger partial charge is 0.252 e. The highest BCUT2D eigenvalue weighted by Gasteiger charge is 2.30. The summed E-state index contributed by atoms with van der Waals surface area (Å²) in [5.41, 5.74) is 6.52. The molecule has 0 bridgehead atoms. The number of aryl methyl sites for hydroxylation is 1. The SMILES string of the molecule is Cc1nc(-c2ccc(S(=O)(=O)N3CCC(CN)CC3)s2)cs1. The van der Waals surface area contributed by atoms with Crippen molar-refractivity contribution in [3.8, 4) is 10.6 Å². The van der Waals surface area contributed by atoms with Crippen LogP contribution in [0.2, 0.25) is 0 Å². The van der Waals surface area contributed by atoms with Crippen molar-refractivity contribution in [1.82, 2.24) is 9.29 Å². The molecular formula is C14H19N3O2S3. The number of sulfonamides is 1. The highest BCUT2D eigenvalue weighted by molar-refractivity contribution is 7.91. The lowest BCUT2D eigenvalue weighted by Gasteiger charge is -2.30. The first-order valence-corrected chi connectivity index (χ1v) is 10.4. The van der Waals surface area contributed by atoms with Gasteiger partial charge in [0.25, 0.3) is 10.0 Å². The first-order chi connectivity index (χ1) is 10.5. The molecule has 0 radical (unpaired) electrons. The zero-order chi connectivity index (χ0) is 15.7. The summed E-state index contributed by atoms with van der Waals surface area (Å²) in [7, 11) is -3.39. The van der Waals surface area contributed by atoms with Gasteiger partial charge >= 0.3 is 0 Å². The zero-order valence-electron chi connectivity index (χ0n) is 12.4. The fourth-order valence-electron chi connectivity index (χ4n) is 2.59. The standard InChI is InChI=1S/C14H19N3O2S3/c1-10-16-12(9-20-10)13-2-3-14(21-13)22(18,19)17-6-4-11(8-15)5-7-17/h2-3,9,11H,4-8,15H2,1H3. The first-order valence-electron chi connectivity index (χ1n) is 7.23. The highest BCUT2D eigenvalue weighted by atomic mass is 32.2. The topological polar surface area (TPSA) is 76.3 Å². The molecule has 0 saturated carbocycles. The van der Waals surface area contributed by atoms with Crippen LogP contribution in [-0.4, -0.2) is 37.3 Å². The van der Waals surface area contributed by atoms with Crippen molar-refractivity contribution in [3.63, 3.8) is 0 Å². The summed E-state index contributed by atoms with van der Waals surface area (Å²) in [6, 6.07) is 3.54. The Bertz CT molecular complexity index is 743. The minimum atomic E-state index is -3.39. The van der Waals surface area contributed by atoms with Crippen molar-refractivity contribution in [2.24, 2.45) is 11.7 Å². The van der Waals surface area contributed by atoms with Crippen LogP contribution in [0.15, 0.2) is 21.7 Å². The molecule has 0 spiro atoms. The fourth-order valence-corrected chi connectivity index (χ4v) is 6.16. The number of hydrogen-bond donors (Lipinski definition) is 1. The van der Waals surface area contributed by atoms with Gasteiger partial charge in [0.15, 0.2) is 0 Å². The second-order valence-electron chi connectivity index (χ2n) is 5.45. The Labute approximate surface area is 138 Å². The van der Waals surface area contributed by atoms with Crippen LogP contribution in [0.4, 0.5) is 0 Å². The molecule has 1 saturated heterocycles. The lowest BCUT2D eigenvalue weighted by Crippen LogP contribution is -2.39. The minimum Gasteiger partial charge on any atom is -0.330 e. The summed E-state index contributed by atoms with van der Waals surface area (Å²) in [5.74, 6) is 0.448. The lowest BCUT2D eigenvalue weighted by atomic mass is 9.99. The molecule has 0 aromatic carbocycles. The zero-order valence-corrected chi connectivity index (χ0v) is 14.8. The van der Waals surface area contributed by atoms with E-state index in [1.807, 2.05) is 18.4 Å². The molecule has 2 aromatic rings. The quantitative estimate of drug-likeness (QED) is 0.912. The molecule has 1 aliphatic heterocycles. The van der Waals surface area contributed by atoms with Crippen LogP contribution in [0, 0.1) is 12.8 Å². The summed E-state index contributed by atoms with van der Waals surface area (Å²) < 4.78 is 27.4. The first kappa shape index (κ1) is 16.1. The van der Waals surface area contributed by atoms with E-state index in [0.29, 0.717) is 29.8 Å². The Morgan fingerprint density at radius 3 is 2.68 bits per heavy atom. The van der Waals surface area contributed by atoms with Crippen molar-refractivity contribution >= 4 is 32.7 Å². The van der Waals surface area contributed by atoms with Gasteiger partial charge in [-0.05, 0) is 44.4 Å². The average molecular weight is 358 g/mol. The molecule has 1 aliphatic rings. The number of hydrogen-bond acceptors (Lipinski definition) is 6. The number of thiazole rings is 1. The largest absolute Gasteiger partial charge is 0.330 e. The summed E-state index contributed by atoms with van der Waals surface area (Å²) in [6.07, 6.45) is 1.69. The molecule has 120 valence electrons. The van der Waals surface area contributed by atoms with Crippen molar-refractivity contribution in [3.05, 3.63) is 22.5 Å². The predicted octanol–water partition coefficient (Wildman–Crippen LogP) is 2.54. The second-order valence-corrected chi connectivity index (χ2v) is 9.76. The summed E-state index contributed by atoms with van der Waals surface area (Å²) >= 11 is 2.87. The molecule has 3 heterocycles. The van der Waals surface area contributed by atoms with Gasteiger partial charge in [0, 0.05) is 18.5 Å². The number of nitrogens with zero attached hydrogens (tertiary/aromatic N) is 2. The van der Waals surface area contributed by atoms with E-state index >= 15 is 0 Å². The molecule has 22 heavy (non-hydrogen) atoms. The van der Waals surface area contributed by atoms with E-state index in [9.17, 15) is 8.42 Å². The monoisotopic (exact) mass is 357 g/mol. The Morgan fingerprint density at radius 1 is 1.36 bits per heavy atom. The van der Waals surface area contributed by atoms with E-state index < -0.39 is 10.0 Å². The molecule has 0 amide bonds. The molecule has 0 atom stereocenters. The van der Waals surface area contributed by atoms with Crippen molar-refractivity contribution in [1.29, 1.82) is 0 Å². The van der Waals surface area contributed by atoms with Crippen LogP contribution >= 0.6 is 22.7 Å². The molecule has 0 unspecified atom stereocenters. The van der Waals surface area contributed by atoms with Crippen molar-refractivity contribution in [2.45, 2.75) is 24.0 Å². The second kappa shape index (κ2) is 6.37. The van der Waals surface area contributed by atoms with Crippen molar-refractivity contribution in [2.75, 3.05) is 19.6 Å². The van der Waals surface area contributed by atoms with Gasteiger partial charge in [0.2, 0.25) is 0 Å². The molecule has 5 nitrogen and oxygen atoms in total. The van der Waals surface area contributed by atoms with Crippen LogP contribution in [0.25, 0.3) is 10.6 Å². The van der Waals surface area contributed by atoms with E-state index in [4.69, 9.17) is 5.73 Å². The number of aromatic nitrogens is 1. The van der Waals surface area contributed by atoms with Gasteiger partial charge in [-0.15, -0.1) is 22.7 Å². The average Bonchev–Trinajstić information content (AvgIpc) is 3.16. The van der Waals surface area contributed by atoms with Gasteiger partial charge < -0.3 is 5.73 Å². The van der Waals surface area contributed by atoms with E-state index in [-0.39, 0.29) is 0 Å². The van der Waals surface area contributed by atoms with Gasteiger partial charge in [0.05, 0.1) is 15.6 Å². The third kappa shape index (κ3) is 3.11. The van der Waals surface area contributed by atoms with Gasteiger partial charge in [-0.1, -0.05) is 0 Å². The van der Waals surface area contributed by atoms with Gasteiger partial charge in [0.1, 0.15) is 4.21 Å². The van der Waals surface area contributed by atoms with Crippen molar-refractivity contribution < 1.29 is 8.42 Å². The molecule has 1 fully saturated rings. The Morgan fingerprint density at radius 2 is 2.09 bits per heavy atom. The normalized spacial score (nSPS) is 17.9. The Kier molecular flexibility index (Phi) is 4.65. The number of piperidine rings is 1. The van der Waals surface area contributed by atoms with E-state index in [0.717, 1.165) is 28.4 Å². The van der Waals surface area contributed by atoms with Crippen LogP contribution in [0.1, 0.15) is 17.8 Å². The van der Waals surface area contributed by atoms with Crippen LogP contribution in [0.3, 0.4) is 0 Å². The van der Waals surface area contributed by atoms with E-state index in [2.05, 4.69) is 4.98 Å². The molecule has 3 rings (SSSR count). The molecule has 2 N–H and O–H groups in total. The molecular weight excluding hydrogens is 338 g/mol. The Hall–Kier alpha value is -0.800. The van der Waals surface area contributed by atoms with Crippen LogP contribution in [0.5, 0.6) is 0 Å². The maximum atomic E-state index is 12.7. The van der Waals surface area contributed by atoms with E-state index in [1.54, 1.807) is 21.7 Å². The van der Waals surface area contributed by atoms with Gasteiger partial charge in [-0.2, -0.15) is 4.31 Å².